The fourth-order valence-corrected chi connectivity index (χ4v) is 2.04. The molecule has 90 valence electrons. The number of alkyl halides is 1. The number of fused-ring (bicyclic) bond motifs is 1. The predicted octanol–water partition coefficient (Wildman–Crippen LogP) is 2.60. The van der Waals surface area contributed by atoms with Gasteiger partial charge >= 0.3 is 0 Å². The minimum Gasteiger partial charge on any atom is -0.256 e. The third-order valence-corrected chi connectivity index (χ3v) is 2.93. The van der Waals surface area contributed by atoms with Gasteiger partial charge in [-0.2, -0.15) is 0 Å². The molecule has 0 atom stereocenters. The van der Waals surface area contributed by atoms with E-state index >= 15 is 0 Å². The molecule has 1 aromatic carbocycles. The molecule has 0 bridgehead atoms. The van der Waals surface area contributed by atoms with Crippen LogP contribution in [-0.4, -0.2) is 25.9 Å². The average Bonchev–Trinajstić information content (AvgIpc) is 2.87. The molecule has 0 radical (unpaired) electrons. The molecule has 5 heteroatoms. The highest BCUT2D eigenvalue weighted by Crippen LogP contribution is 2.16. The quantitative estimate of drug-likeness (QED) is 0.678. The molecule has 3 rings (SSSR count). The highest BCUT2D eigenvalue weighted by atomic mass is 35.5. The van der Waals surface area contributed by atoms with Gasteiger partial charge in [0.15, 0.2) is 0 Å². The Hall–Kier alpha value is -1.94. The molecule has 0 aliphatic heterocycles. The summed E-state index contributed by atoms with van der Waals surface area (Å²) in [7, 11) is 0. The molecule has 0 amide bonds. The second-order valence-electron chi connectivity index (χ2n) is 3.97. The summed E-state index contributed by atoms with van der Waals surface area (Å²) < 4.78 is 1.76. The van der Waals surface area contributed by atoms with Gasteiger partial charge in [0.1, 0.15) is 0 Å². The van der Waals surface area contributed by atoms with E-state index in [9.17, 15) is 0 Å². The van der Waals surface area contributed by atoms with Crippen LogP contribution in [-0.2, 0) is 6.42 Å². The van der Waals surface area contributed by atoms with Gasteiger partial charge in [0.2, 0.25) is 0 Å². The van der Waals surface area contributed by atoms with Crippen LogP contribution in [0.25, 0.3) is 16.6 Å². The van der Waals surface area contributed by atoms with Crippen molar-refractivity contribution in [1.82, 2.24) is 20.0 Å². The zero-order valence-corrected chi connectivity index (χ0v) is 10.4. The number of halogens is 1. The molecule has 0 unspecified atom stereocenters. The lowest BCUT2D eigenvalue weighted by molar-refractivity contribution is 0.799. The molecule has 0 N–H and O–H groups in total. The van der Waals surface area contributed by atoms with Gasteiger partial charge in [-0.25, -0.2) is 4.68 Å². The van der Waals surface area contributed by atoms with Gasteiger partial charge in [-0.1, -0.05) is 11.3 Å². The van der Waals surface area contributed by atoms with Crippen LogP contribution in [0.4, 0.5) is 0 Å². The number of hydrogen-bond donors (Lipinski definition) is 0. The van der Waals surface area contributed by atoms with E-state index in [-0.39, 0.29) is 0 Å². The van der Waals surface area contributed by atoms with E-state index in [1.807, 2.05) is 36.5 Å². The Bertz CT molecular complexity index is 677. The highest BCUT2D eigenvalue weighted by molar-refractivity contribution is 6.17. The van der Waals surface area contributed by atoms with Crippen LogP contribution in [0.5, 0.6) is 0 Å². The normalized spacial score (nSPS) is 10.9. The molecular formula is C13H11ClN4. The molecule has 2 heterocycles. The number of nitrogens with zero attached hydrogens (tertiary/aromatic N) is 4. The second-order valence-corrected chi connectivity index (χ2v) is 4.35. The molecule has 3 aromatic rings. The van der Waals surface area contributed by atoms with Crippen LogP contribution in [0, 0.1) is 0 Å². The summed E-state index contributed by atoms with van der Waals surface area (Å²) in [5, 5.41) is 9.26. The van der Waals surface area contributed by atoms with Crippen molar-refractivity contribution < 1.29 is 0 Å². The lowest BCUT2D eigenvalue weighted by Gasteiger charge is -2.01. The Labute approximate surface area is 109 Å². The van der Waals surface area contributed by atoms with E-state index < -0.39 is 0 Å². The first kappa shape index (κ1) is 11.2. The summed E-state index contributed by atoms with van der Waals surface area (Å²) in [6, 6.07) is 9.96. The molecule has 0 fully saturated rings. The van der Waals surface area contributed by atoms with Crippen LogP contribution in [0.15, 0.2) is 42.7 Å². The number of rotatable bonds is 3. The topological polar surface area (TPSA) is 43.6 Å². The van der Waals surface area contributed by atoms with E-state index in [1.54, 1.807) is 10.9 Å². The molecule has 0 saturated heterocycles. The average molecular weight is 259 g/mol. The molecule has 4 nitrogen and oxygen atoms in total. The van der Waals surface area contributed by atoms with Crippen LogP contribution < -0.4 is 0 Å². The highest BCUT2D eigenvalue weighted by Gasteiger charge is 2.03. The molecule has 0 aliphatic carbocycles. The molecule has 0 saturated carbocycles. The minimum atomic E-state index is 0.556. The number of aryl methyl sites for hydroxylation is 1. The Morgan fingerprint density at radius 2 is 2.17 bits per heavy atom. The van der Waals surface area contributed by atoms with Gasteiger partial charge < -0.3 is 0 Å². The Morgan fingerprint density at radius 1 is 1.22 bits per heavy atom. The minimum absolute atomic E-state index is 0.556. The summed E-state index contributed by atoms with van der Waals surface area (Å²) in [6.07, 6.45) is 4.42. The lowest BCUT2D eigenvalue weighted by Crippen LogP contribution is -1.94. The third kappa shape index (κ3) is 2.07. The first-order valence-electron chi connectivity index (χ1n) is 5.69. The zero-order chi connectivity index (χ0) is 12.4. The lowest BCUT2D eigenvalue weighted by atomic mass is 10.2. The fraction of sp³-hybridized carbons (Fsp3) is 0.154. The predicted molar refractivity (Wildman–Crippen MR) is 71.1 cm³/mol. The number of pyridine rings is 1. The monoisotopic (exact) mass is 258 g/mol. The van der Waals surface area contributed by atoms with Gasteiger partial charge in [-0.3, -0.25) is 4.98 Å². The summed E-state index contributed by atoms with van der Waals surface area (Å²) >= 11 is 5.68. The van der Waals surface area contributed by atoms with E-state index in [4.69, 9.17) is 11.6 Å². The largest absolute Gasteiger partial charge is 0.256 e. The maximum absolute atomic E-state index is 5.68. The van der Waals surface area contributed by atoms with Crippen LogP contribution in [0.1, 0.15) is 5.69 Å². The fourth-order valence-electron chi connectivity index (χ4n) is 1.84. The van der Waals surface area contributed by atoms with E-state index in [1.165, 1.54) is 0 Å². The molecule has 2 aromatic heterocycles. The van der Waals surface area contributed by atoms with Crippen molar-refractivity contribution in [2.45, 2.75) is 6.42 Å². The standard InChI is InChI=1S/C13H11ClN4/c14-6-5-11-9-18(17-16-11)12-3-4-13-10(8-12)2-1-7-15-13/h1-4,7-9H,5-6H2. The molecule has 18 heavy (non-hydrogen) atoms. The van der Waals surface area contributed by atoms with Crippen molar-refractivity contribution in [3.63, 3.8) is 0 Å². The van der Waals surface area contributed by atoms with Gasteiger partial charge in [0.05, 0.1) is 23.1 Å². The number of hydrogen-bond acceptors (Lipinski definition) is 3. The van der Waals surface area contributed by atoms with Crippen molar-refractivity contribution in [2.24, 2.45) is 0 Å². The molecular weight excluding hydrogens is 248 g/mol. The van der Waals surface area contributed by atoms with E-state index in [2.05, 4.69) is 15.3 Å². The van der Waals surface area contributed by atoms with Crippen molar-refractivity contribution in [3.8, 4) is 5.69 Å². The van der Waals surface area contributed by atoms with E-state index in [0.29, 0.717) is 5.88 Å². The Kier molecular flexibility index (Phi) is 2.94. The van der Waals surface area contributed by atoms with Gasteiger partial charge in [-0.05, 0) is 24.3 Å². The summed E-state index contributed by atoms with van der Waals surface area (Å²) in [6.45, 7) is 0. The Balaban J connectivity index is 2.02. The Morgan fingerprint density at radius 3 is 3.06 bits per heavy atom. The second kappa shape index (κ2) is 4.74. The van der Waals surface area contributed by atoms with Crippen molar-refractivity contribution >= 4 is 22.5 Å². The molecule has 0 spiro atoms. The SMILES string of the molecule is ClCCc1cn(-c2ccc3ncccc3c2)nn1. The van der Waals surface area contributed by atoms with E-state index in [0.717, 1.165) is 28.7 Å². The smallest absolute Gasteiger partial charge is 0.0843 e. The number of benzene rings is 1. The van der Waals surface area contributed by atoms with Crippen molar-refractivity contribution in [1.29, 1.82) is 0 Å². The van der Waals surface area contributed by atoms with Crippen LogP contribution in [0.2, 0.25) is 0 Å². The molecule has 0 aliphatic rings. The summed E-state index contributed by atoms with van der Waals surface area (Å²) in [4.78, 5) is 4.29. The zero-order valence-electron chi connectivity index (χ0n) is 9.62. The van der Waals surface area contributed by atoms with Gasteiger partial charge in [-0.15, -0.1) is 16.7 Å². The van der Waals surface area contributed by atoms with Crippen molar-refractivity contribution in [2.75, 3.05) is 5.88 Å². The first-order valence-corrected chi connectivity index (χ1v) is 6.22. The third-order valence-electron chi connectivity index (χ3n) is 2.74. The maximum atomic E-state index is 5.68. The number of aromatic nitrogens is 4. The van der Waals surface area contributed by atoms with Crippen LogP contribution in [0.3, 0.4) is 0 Å². The van der Waals surface area contributed by atoms with Crippen LogP contribution >= 0.6 is 11.6 Å². The summed E-state index contributed by atoms with van der Waals surface area (Å²) in [5.41, 5.74) is 2.85. The maximum Gasteiger partial charge on any atom is 0.0843 e. The first-order chi connectivity index (χ1) is 8.86. The van der Waals surface area contributed by atoms with Gasteiger partial charge in [0.25, 0.3) is 0 Å². The van der Waals surface area contributed by atoms with Crippen molar-refractivity contribution in [3.05, 3.63) is 48.4 Å². The van der Waals surface area contributed by atoms with Gasteiger partial charge in [0, 0.05) is 23.9 Å². The summed E-state index contributed by atoms with van der Waals surface area (Å²) in [5.74, 6) is 0.556.